The van der Waals surface area contributed by atoms with Crippen molar-refractivity contribution >= 4 is 23.3 Å². The lowest BCUT2D eigenvalue weighted by Crippen LogP contribution is -2.46. The zero-order valence-corrected chi connectivity index (χ0v) is 16.5. The molecule has 0 unspecified atom stereocenters. The number of nitro groups is 1. The number of non-ortho nitro benzene ring substituents is 1. The number of anilines is 1. The second kappa shape index (κ2) is 8.52. The smallest absolute Gasteiger partial charge is 0.319 e. The molecule has 0 aliphatic carbocycles. The first-order chi connectivity index (χ1) is 14.3. The first kappa shape index (κ1) is 20.6. The lowest BCUT2D eigenvalue weighted by molar-refractivity contribution is -0.384. The predicted molar refractivity (Wildman–Crippen MR) is 108 cm³/mol. The molecule has 2 aromatic carbocycles. The van der Waals surface area contributed by atoms with Crippen LogP contribution in [0, 0.1) is 10.1 Å². The number of allylic oxidation sites excluding steroid dienone is 1. The first-order valence-corrected chi connectivity index (χ1v) is 8.90. The fraction of sp³-hybridized carbons (Fsp3) is 0.200. The molecule has 0 radical (unpaired) electrons. The summed E-state index contributed by atoms with van der Waals surface area (Å²) in [5.74, 6) is 0.434. The lowest BCUT2D eigenvalue weighted by atomic mass is 9.94. The highest BCUT2D eigenvalue weighted by Gasteiger charge is 2.32. The SMILES string of the molecule is COc1ccc([C@@H]2NC(=O)NC(C)=C2C(=O)Nc2cccc([N+](=O)[O-])c2)cc1OC. The molecule has 30 heavy (non-hydrogen) atoms. The largest absolute Gasteiger partial charge is 0.493 e. The van der Waals surface area contributed by atoms with Crippen LogP contribution < -0.4 is 25.4 Å². The Morgan fingerprint density at radius 1 is 1.13 bits per heavy atom. The van der Waals surface area contributed by atoms with Crippen LogP contribution in [0.3, 0.4) is 0 Å². The van der Waals surface area contributed by atoms with Crippen LogP contribution in [-0.4, -0.2) is 31.1 Å². The molecule has 1 aliphatic heterocycles. The monoisotopic (exact) mass is 412 g/mol. The zero-order valence-electron chi connectivity index (χ0n) is 16.5. The van der Waals surface area contributed by atoms with Gasteiger partial charge in [0.1, 0.15) is 0 Å². The van der Waals surface area contributed by atoms with Gasteiger partial charge < -0.3 is 25.4 Å². The van der Waals surface area contributed by atoms with E-state index in [0.717, 1.165) is 0 Å². The maximum atomic E-state index is 13.0. The van der Waals surface area contributed by atoms with E-state index in [0.29, 0.717) is 22.8 Å². The summed E-state index contributed by atoms with van der Waals surface area (Å²) in [4.78, 5) is 35.5. The second-order valence-electron chi connectivity index (χ2n) is 6.45. The lowest BCUT2D eigenvalue weighted by Gasteiger charge is -2.29. The maximum absolute atomic E-state index is 13.0. The molecule has 10 nitrogen and oxygen atoms in total. The van der Waals surface area contributed by atoms with Gasteiger partial charge in [0.2, 0.25) is 0 Å². The third-order valence-corrected chi connectivity index (χ3v) is 4.57. The first-order valence-electron chi connectivity index (χ1n) is 8.90. The molecule has 3 amide bonds. The van der Waals surface area contributed by atoms with Crippen molar-refractivity contribution in [3.05, 3.63) is 69.4 Å². The van der Waals surface area contributed by atoms with Gasteiger partial charge in [0.05, 0.1) is 30.8 Å². The van der Waals surface area contributed by atoms with Gasteiger partial charge >= 0.3 is 6.03 Å². The number of carbonyl (C=O) groups is 2. The standard InChI is InChI=1S/C20H20N4O6/c1-11-17(19(25)22-13-5-4-6-14(10-13)24(27)28)18(23-20(26)21-11)12-7-8-15(29-2)16(9-12)30-3/h4-10,18H,1-3H3,(H,22,25)(H2,21,23,26)/t18-/m0/s1. The number of rotatable bonds is 6. The van der Waals surface area contributed by atoms with Crippen LogP contribution in [0.15, 0.2) is 53.7 Å². The van der Waals surface area contributed by atoms with Gasteiger partial charge in [0.15, 0.2) is 11.5 Å². The van der Waals surface area contributed by atoms with E-state index in [2.05, 4.69) is 16.0 Å². The van der Waals surface area contributed by atoms with E-state index >= 15 is 0 Å². The van der Waals surface area contributed by atoms with E-state index in [-0.39, 0.29) is 16.9 Å². The van der Waals surface area contributed by atoms with Crippen LogP contribution in [-0.2, 0) is 4.79 Å². The summed E-state index contributed by atoms with van der Waals surface area (Å²) in [6, 6.07) is 9.44. The van der Waals surface area contributed by atoms with E-state index in [1.54, 1.807) is 31.2 Å². The summed E-state index contributed by atoms with van der Waals surface area (Å²) in [7, 11) is 2.99. The Bertz CT molecular complexity index is 1050. The van der Waals surface area contributed by atoms with Crippen molar-refractivity contribution in [2.24, 2.45) is 0 Å². The van der Waals surface area contributed by atoms with Crippen LogP contribution >= 0.6 is 0 Å². The molecule has 0 fully saturated rings. The Morgan fingerprint density at radius 2 is 1.87 bits per heavy atom. The van der Waals surface area contributed by atoms with E-state index < -0.39 is 22.9 Å². The second-order valence-corrected chi connectivity index (χ2v) is 6.45. The number of hydrogen-bond acceptors (Lipinski definition) is 6. The molecule has 1 aliphatic rings. The van der Waals surface area contributed by atoms with Gasteiger partial charge in [-0.15, -0.1) is 0 Å². The molecule has 0 spiro atoms. The van der Waals surface area contributed by atoms with Gasteiger partial charge in [-0.05, 0) is 30.7 Å². The molecule has 2 aromatic rings. The van der Waals surface area contributed by atoms with Gasteiger partial charge in [-0.1, -0.05) is 12.1 Å². The van der Waals surface area contributed by atoms with Crippen LogP contribution in [0.1, 0.15) is 18.5 Å². The van der Waals surface area contributed by atoms with Gasteiger partial charge in [-0.2, -0.15) is 0 Å². The van der Waals surface area contributed by atoms with Crippen molar-refractivity contribution in [1.29, 1.82) is 0 Å². The number of ether oxygens (including phenoxy) is 2. The van der Waals surface area contributed by atoms with Gasteiger partial charge in [0, 0.05) is 23.5 Å². The average molecular weight is 412 g/mol. The van der Waals surface area contributed by atoms with E-state index in [9.17, 15) is 19.7 Å². The number of hydrogen-bond donors (Lipinski definition) is 3. The van der Waals surface area contributed by atoms with Crippen LogP contribution in [0.5, 0.6) is 11.5 Å². The summed E-state index contributed by atoms with van der Waals surface area (Å²) in [5, 5.41) is 18.9. The van der Waals surface area contributed by atoms with Crippen molar-refractivity contribution in [3.8, 4) is 11.5 Å². The van der Waals surface area contributed by atoms with E-state index in [4.69, 9.17) is 9.47 Å². The molecule has 156 valence electrons. The molecule has 0 bridgehead atoms. The van der Waals surface area contributed by atoms with Crippen molar-refractivity contribution < 1.29 is 24.0 Å². The Hall–Kier alpha value is -4.08. The molecular weight excluding hydrogens is 392 g/mol. The number of amides is 3. The Labute approximate surface area is 172 Å². The van der Waals surface area contributed by atoms with Gasteiger partial charge in [-0.25, -0.2) is 4.79 Å². The number of carbonyl (C=O) groups excluding carboxylic acids is 2. The molecule has 0 saturated heterocycles. The van der Waals surface area contributed by atoms with Gasteiger partial charge in [0.25, 0.3) is 11.6 Å². The summed E-state index contributed by atoms with van der Waals surface area (Å²) in [6.45, 7) is 1.61. The highest BCUT2D eigenvalue weighted by atomic mass is 16.6. The highest BCUT2D eigenvalue weighted by Crippen LogP contribution is 2.34. The molecule has 1 atom stereocenters. The highest BCUT2D eigenvalue weighted by molar-refractivity contribution is 6.06. The Balaban J connectivity index is 1.97. The summed E-state index contributed by atoms with van der Waals surface area (Å²) >= 11 is 0. The number of nitrogens with one attached hydrogen (secondary N) is 3. The fourth-order valence-corrected chi connectivity index (χ4v) is 3.17. The minimum atomic E-state index is -0.766. The minimum Gasteiger partial charge on any atom is -0.493 e. The molecule has 0 aromatic heterocycles. The number of methoxy groups -OCH3 is 2. The summed E-state index contributed by atoms with van der Waals surface area (Å²) < 4.78 is 10.5. The Kier molecular flexibility index (Phi) is 5.86. The number of nitrogens with zero attached hydrogens (tertiary/aromatic N) is 1. The van der Waals surface area contributed by atoms with Crippen molar-refractivity contribution in [2.75, 3.05) is 19.5 Å². The number of benzene rings is 2. The van der Waals surface area contributed by atoms with Crippen LogP contribution in [0.2, 0.25) is 0 Å². The summed E-state index contributed by atoms with van der Waals surface area (Å²) in [5.41, 5.74) is 1.34. The normalized spacial score (nSPS) is 15.7. The van der Waals surface area contributed by atoms with E-state index in [1.165, 1.54) is 32.4 Å². The molecule has 0 saturated carbocycles. The van der Waals surface area contributed by atoms with Crippen molar-refractivity contribution in [3.63, 3.8) is 0 Å². The maximum Gasteiger partial charge on any atom is 0.319 e. The van der Waals surface area contributed by atoms with Gasteiger partial charge in [-0.3, -0.25) is 14.9 Å². The molecular formula is C20H20N4O6. The van der Waals surface area contributed by atoms with Crippen molar-refractivity contribution in [1.82, 2.24) is 10.6 Å². The van der Waals surface area contributed by atoms with Crippen LogP contribution in [0.4, 0.5) is 16.2 Å². The minimum absolute atomic E-state index is 0.148. The number of urea groups is 1. The summed E-state index contributed by atoms with van der Waals surface area (Å²) in [6.07, 6.45) is 0. The quantitative estimate of drug-likeness (QED) is 0.494. The Morgan fingerprint density at radius 3 is 2.53 bits per heavy atom. The molecule has 1 heterocycles. The third kappa shape index (κ3) is 4.17. The van der Waals surface area contributed by atoms with Crippen LogP contribution in [0.25, 0.3) is 0 Å². The zero-order chi connectivity index (χ0) is 21.8. The molecule has 3 N–H and O–H groups in total. The topological polar surface area (TPSA) is 132 Å². The average Bonchev–Trinajstić information content (AvgIpc) is 2.72. The fourth-order valence-electron chi connectivity index (χ4n) is 3.17. The predicted octanol–water partition coefficient (Wildman–Crippen LogP) is 2.88. The van der Waals surface area contributed by atoms with Crippen molar-refractivity contribution in [2.45, 2.75) is 13.0 Å². The third-order valence-electron chi connectivity index (χ3n) is 4.57. The molecule has 10 heteroatoms. The number of nitro benzene ring substituents is 1. The molecule has 3 rings (SSSR count). The van der Waals surface area contributed by atoms with E-state index in [1.807, 2.05) is 0 Å².